The van der Waals surface area contributed by atoms with Crippen LogP contribution < -0.4 is 11.1 Å². The van der Waals surface area contributed by atoms with Gasteiger partial charge in [0.25, 0.3) is 0 Å². The van der Waals surface area contributed by atoms with E-state index in [9.17, 15) is 14.0 Å². The molecule has 18 heavy (non-hydrogen) atoms. The fraction of sp³-hybridized carbons (Fsp3) is 0.273. The van der Waals surface area contributed by atoms with Gasteiger partial charge in [0.2, 0.25) is 5.91 Å². The third-order valence-electron chi connectivity index (χ3n) is 2.21. The number of hydrogen-bond donors (Lipinski definition) is 3. The third kappa shape index (κ3) is 4.42. The summed E-state index contributed by atoms with van der Waals surface area (Å²) in [6.07, 6.45) is -0.342. The van der Waals surface area contributed by atoms with Crippen LogP contribution in [-0.4, -0.2) is 23.0 Å². The van der Waals surface area contributed by atoms with E-state index in [2.05, 4.69) is 21.2 Å². The Morgan fingerprint density at radius 3 is 2.78 bits per heavy atom. The van der Waals surface area contributed by atoms with Crippen molar-refractivity contribution in [3.63, 3.8) is 0 Å². The number of nitrogens with one attached hydrogen (secondary N) is 1. The van der Waals surface area contributed by atoms with Crippen LogP contribution in [0.3, 0.4) is 0 Å². The highest BCUT2D eigenvalue weighted by molar-refractivity contribution is 9.10. The summed E-state index contributed by atoms with van der Waals surface area (Å²) in [5.74, 6) is -2.23. The van der Waals surface area contributed by atoms with Gasteiger partial charge in [0.1, 0.15) is 11.9 Å². The summed E-state index contributed by atoms with van der Waals surface area (Å²) >= 11 is 3.19. The Morgan fingerprint density at radius 1 is 1.50 bits per heavy atom. The number of amides is 1. The van der Waals surface area contributed by atoms with Crippen molar-refractivity contribution in [2.45, 2.75) is 19.0 Å². The molecule has 1 amide bonds. The lowest BCUT2D eigenvalue weighted by molar-refractivity contribution is -0.140. The number of benzene rings is 1. The highest BCUT2D eigenvalue weighted by atomic mass is 79.9. The second-order valence-electron chi connectivity index (χ2n) is 3.66. The van der Waals surface area contributed by atoms with Crippen LogP contribution in [0.1, 0.15) is 12.0 Å². The average Bonchev–Trinajstić information content (AvgIpc) is 2.30. The van der Waals surface area contributed by atoms with Crippen LogP contribution in [0.25, 0.3) is 0 Å². The molecule has 7 heteroatoms. The van der Waals surface area contributed by atoms with E-state index in [4.69, 9.17) is 10.8 Å². The minimum absolute atomic E-state index is 0.0174. The number of rotatable bonds is 5. The highest BCUT2D eigenvalue weighted by Crippen LogP contribution is 2.15. The van der Waals surface area contributed by atoms with Crippen LogP contribution in [0.2, 0.25) is 0 Å². The summed E-state index contributed by atoms with van der Waals surface area (Å²) in [5, 5.41) is 10.9. The topological polar surface area (TPSA) is 92.4 Å². The van der Waals surface area contributed by atoms with Crippen LogP contribution in [-0.2, 0) is 16.1 Å². The Kier molecular flexibility index (Phi) is 5.24. The number of carboxylic acids is 1. The first-order valence-electron chi connectivity index (χ1n) is 5.09. The number of aliphatic carboxylic acids is 1. The van der Waals surface area contributed by atoms with Crippen LogP contribution in [0.4, 0.5) is 4.39 Å². The molecule has 0 aliphatic heterocycles. The third-order valence-corrected chi connectivity index (χ3v) is 2.70. The Hall–Kier alpha value is -1.47. The molecule has 1 aromatic rings. The van der Waals surface area contributed by atoms with E-state index >= 15 is 0 Å². The largest absolute Gasteiger partial charge is 0.480 e. The lowest BCUT2D eigenvalue weighted by Gasteiger charge is -2.08. The molecule has 0 aliphatic carbocycles. The molecule has 98 valence electrons. The van der Waals surface area contributed by atoms with Crippen LogP contribution in [0.5, 0.6) is 0 Å². The summed E-state index contributed by atoms with van der Waals surface area (Å²) in [6, 6.07) is 3.10. The summed E-state index contributed by atoms with van der Waals surface area (Å²) in [4.78, 5) is 21.8. The maximum atomic E-state index is 13.3. The maximum absolute atomic E-state index is 13.3. The fourth-order valence-corrected chi connectivity index (χ4v) is 1.64. The Balaban J connectivity index is 2.52. The summed E-state index contributed by atoms with van der Waals surface area (Å²) in [5.41, 5.74) is 5.51. The first kappa shape index (κ1) is 14.6. The Morgan fingerprint density at radius 2 is 2.17 bits per heavy atom. The number of carboxylic acid groups (broad SMARTS) is 1. The van der Waals surface area contributed by atoms with E-state index in [0.29, 0.717) is 10.0 Å². The SMILES string of the molecule is NC(CC(=O)NCc1cc(Br)ccc1F)C(=O)O. The predicted molar refractivity (Wildman–Crippen MR) is 66.2 cm³/mol. The van der Waals surface area contributed by atoms with Gasteiger partial charge < -0.3 is 16.2 Å². The van der Waals surface area contributed by atoms with Crippen molar-refractivity contribution in [1.29, 1.82) is 0 Å². The minimum atomic E-state index is -1.25. The van der Waals surface area contributed by atoms with Gasteiger partial charge in [-0.1, -0.05) is 15.9 Å². The summed E-state index contributed by atoms with van der Waals surface area (Å²) in [7, 11) is 0. The zero-order chi connectivity index (χ0) is 13.7. The van der Waals surface area contributed by atoms with Gasteiger partial charge in [0, 0.05) is 16.6 Å². The van der Waals surface area contributed by atoms with Gasteiger partial charge in [-0.15, -0.1) is 0 Å². The Labute approximate surface area is 111 Å². The molecule has 0 radical (unpaired) electrons. The molecule has 5 nitrogen and oxygen atoms in total. The molecule has 0 saturated carbocycles. The number of carbonyl (C=O) groups is 2. The lowest BCUT2D eigenvalue weighted by atomic mass is 10.2. The van der Waals surface area contributed by atoms with Gasteiger partial charge in [0.05, 0.1) is 6.42 Å². The molecule has 4 N–H and O–H groups in total. The molecule has 1 unspecified atom stereocenters. The van der Waals surface area contributed by atoms with Crippen molar-refractivity contribution in [1.82, 2.24) is 5.32 Å². The van der Waals surface area contributed by atoms with Crippen LogP contribution >= 0.6 is 15.9 Å². The molecule has 0 bridgehead atoms. The summed E-state index contributed by atoms with van der Waals surface area (Å²) < 4.78 is 14.0. The molecule has 0 saturated heterocycles. The van der Waals surface area contributed by atoms with Gasteiger partial charge in [-0.2, -0.15) is 0 Å². The van der Waals surface area contributed by atoms with Crippen molar-refractivity contribution >= 4 is 27.8 Å². The minimum Gasteiger partial charge on any atom is -0.480 e. The summed E-state index contributed by atoms with van der Waals surface area (Å²) in [6.45, 7) is -0.0174. The lowest BCUT2D eigenvalue weighted by Crippen LogP contribution is -2.36. The molecule has 1 atom stereocenters. The normalized spacial score (nSPS) is 11.9. The maximum Gasteiger partial charge on any atom is 0.321 e. The van der Waals surface area contributed by atoms with Crippen molar-refractivity contribution in [3.05, 3.63) is 34.1 Å². The van der Waals surface area contributed by atoms with Crippen LogP contribution in [0.15, 0.2) is 22.7 Å². The van der Waals surface area contributed by atoms with Crippen molar-refractivity contribution in [2.75, 3.05) is 0 Å². The van der Waals surface area contributed by atoms with Crippen molar-refractivity contribution in [3.8, 4) is 0 Å². The van der Waals surface area contributed by atoms with E-state index in [1.807, 2.05) is 0 Å². The quantitative estimate of drug-likeness (QED) is 0.755. The van der Waals surface area contributed by atoms with Gasteiger partial charge in [-0.25, -0.2) is 4.39 Å². The smallest absolute Gasteiger partial charge is 0.321 e. The van der Waals surface area contributed by atoms with E-state index in [1.54, 1.807) is 6.07 Å². The van der Waals surface area contributed by atoms with Gasteiger partial charge >= 0.3 is 5.97 Å². The molecule has 0 spiro atoms. The standard InChI is InChI=1S/C11H12BrFN2O3/c12-7-1-2-8(13)6(3-7)5-15-10(16)4-9(14)11(17)18/h1-3,9H,4-5,14H2,(H,15,16)(H,17,18). The highest BCUT2D eigenvalue weighted by Gasteiger charge is 2.16. The molecule has 0 fully saturated rings. The predicted octanol–water partition coefficient (Wildman–Crippen LogP) is 1.01. The molecule has 1 aromatic carbocycles. The van der Waals surface area contributed by atoms with E-state index in [-0.39, 0.29) is 13.0 Å². The first-order valence-corrected chi connectivity index (χ1v) is 5.88. The van der Waals surface area contributed by atoms with E-state index < -0.39 is 23.7 Å². The fourth-order valence-electron chi connectivity index (χ4n) is 1.23. The molecule has 1 rings (SSSR count). The number of halogens is 2. The van der Waals surface area contributed by atoms with Gasteiger partial charge in [-0.3, -0.25) is 9.59 Å². The molecule has 0 heterocycles. The second-order valence-corrected chi connectivity index (χ2v) is 4.58. The van der Waals surface area contributed by atoms with E-state index in [1.165, 1.54) is 12.1 Å². The monoisotopic (exact) mass is 318 g/mol. The number of hydrogen-bond acceptors (Lipinski definition) is 3. The number of nitrogens with two attached hydrogens (primary N) is 1. The second kappa shape index (κ2) is 6.46. The molecular formula is C11H12BrFN2O3. The zero-order valence-electron chi connectivity index (χ0n) is 9.32. The number of carbonyl (C=O) groups excluding carboxylic acids is 1. The molecular weight excluding hydrogens is 307 g/mol. The first-order chi connectivity index (χ1) is 8.40. The van der Waals surface area contributed by atoms with Crippen molar-refractivity contribution in [2.24, 2.45) is 5.73 Å². The molecule has 0 aliphatic rings. The van der Waals surface area contributed by atoms with Crippen molar-refractivity contribution < 1.29 is 19.1 Å². The van der Waals surface area contributed by atoms with Gasteiger partial charge in [0.15, 0.2) is 0 Å². The van der Waals surface area contributed by atoms with E-state index in [0.717, 1.165) is 0 Å². The van der Waals surface area contributed by atoms with Crippen LogP contribution in [0, 0.1) is 5.82 Å². The molecule has 0 aromatic heterocycles. The average molecular weight is 319 g/mol. The van der Waals surface area contributed by atoms with Gasteiger partial charge in [-0.05, 0) is 18.2 Å². The Bertz CT molecular complexity index is 468. The zero-order valence-corrected chi connectivity index (χ0v) is 10.9.